The SMILES string of the molecule is CC.CCC(CC(C)C)CC(CCCCCCC(C)C)C(C)C.CCCCCCCCCCC. The molecule has 210 valence electrons. The fourth-order valence-corrected chi connectivity index (χ4v) is 4.94. The predicted molar refractivity (Wildman–Crippen MR) is 163 cm³/mol. The van der Waals surface area contributed by atoms with Gasteiger partial charge < -0.3 is 0 Å². The Hall–Kier alpha value is 0. The number of hydrogen-bond acceptors (Lipinski definition) is 0. The molecule has 0 bridgehead atoms. The maximum atomic E-state index is 2.44. The molecule has 2 atom stereocenters. The Balaban J connectivity index is -0.000000621. The second-order valence-electron chi connectivity index (χ2n) is 12.0. The van der Waals surface area contributed by atoms with Crippen LogP contribution >= 0.6 is 0 Å². The van der Waals surface area contributed by atoms with Gasteiger partial charge in [-0.05, 0) is 42.4 Å². The number of hydrogen-bond donors (Lipinski definition) is 0. The maximum Gasteiger partial charge on any atom is -0.0388 e. The molecule has 0 aromatic rings. The monoisotopic (exact) mass is 483 g/mol. The first kappa shape index (κ1) is 38.5. The number of rotatable bonds is 21. The third-order valence-corrected chi connectivity index (χ3v) is 7.27. The Morgan fingerprint density at radius 3 is 1.21 bits per heavy atom. The lowest BCUT2D eigenvalue weighted by Gasteiger charge is -2.27. The molecule has 0 saturated carbocycles. The topological polar surface area (TPSA) is 0 Å². The van der Waals surface area contributed by atoms with Crippen molar-refractivity contribution in [1.82, 2.24) is 0 Å². The molecule has 34 heavy (non-hydrogen) atoms. The molecule has 0 aromatic heterocycles. The lowest BCUT2D eigenvalue weighted by atomic mass is 9.79. The van der Waals surface area contributed by atoms with E-state index in [0.29, 0.717) is 0 Å². The summed E-state index contributed by atoms with van der Waals surface area (Å²) in [6, 6.07) is 0. The molecule has 2 unspecified atom stereocenters. The van der Waals surface area contributed by atoms with E-state index in [0.717, 1.165) is 29.6 Å². The van der Waals surface area contributed by atoms with E-state index in [1.165, 1.54) is 116 Å². The highest BCUT2D eigenvalue weighted by Gasteiger charge is 2.19. The van der Waals surface area contributed by atoms with Gasteiger partial charge in [-0.25, -0.2) is 0 Å². The molecule has 0 amide bonds. The minimum absolute atomic E-state index is 0.860. The van der Waals surface area contributed by atoms with Crippen LogP contribution in [-0.4, -0.2) is 0 Å². The van der Waals surface area contributed by atoms with Crippen molar-refractivity contribution in [1.29, 1.82) is 0 Å². The second kappa shape index (κ2) is 31.0. The van der Waals surface area contributed by atoms with E-state index in [-0.39, 0.29) is 0 Å². The van der Waals surface area contributed by atoms with Crippen molar-refractivity contribution in [3.05, 3.63) is 0 Å². The molecule has 0 heterocycles. The van der Waals surface area contributed by atoms with Crippen LogP contribution in [0.1, 0.15) is 192 Å². The van der Waals surface area contributed by atoms with Gasteiger partial charge in [0.2, 0.25) is 0 Å². The average Bonchev–Trinajstić information content (AvgIpc) is 2.80. The molecule has 0 aliphatic rings. The van der Waals surface area contributed by atoms with E-state index >= 15 is 0 Å². The zero-order valence-electron chi connectivity index (χ0n) is 26.6. The smallest absolute Gasteiger partial charge is 0.0388 e. The quantitative estimate of drug-likeness (QED) is 0.143. The molecular weight excluding hydrogens is 408 g/mol. The van der Waals surface area contributed by atoms with E-state index in [9.17, 15) is 0 Å². The van der Waals surface area contributed by atoms with E-state index in [4.69, 9.17) is 0 Å². The molecule has 0 N–H and O–H groups in total. The Bertz CT molecular complexity index is 319. The Labute approximate surface area is 221 Å². The van der Waals surface area contributed by atoms with Crippen molar-refractivity contribution in [2.45, 2.75) is 192 Å². The van der Waals surface area contributed by atoms with Gasteiger partial charge in [0, 0.05) is 0 Å². The molecular formula is C34H74. The van der Waals surface area contributed by atoms with E-state index in [1.54, 1.807) is 0 Å². The van der Waals surface area contributed by atoms with Crippen molar-refractivity contribution >= 4 is 0 Å². The van der Waals surface area contributed by atoms with Crippen molar-refractivity contribution in [2.75, 3.05) is 0 Å². The summed E-state index contributed by atoms with van der Waals surface area (Å²) in [5, 5.41) is 0. The third-order valence-electron chi connectivity index (χ3n) is 7.27. The first-order chi connectivity index (χ1) is 16.3. The summed E-state index contributed by atoms with van der Waals surface area (Å²) >= 11 is 0. The molecule has 0 heteroatoms. The maximum absolute atomic E-state index is 2.44. The van der Waals surface area contributed by atoms with Crippen LogP contribution in [0.25, 0.3) is 0 Å². The van der Waals surface area contributed by atoms with Crippen LogP contribution in [0.3, 0.4) is 0 Å². The summed E-state index contributed by atoms with van der Waals surface area (Å²) in [4.78, 5) is 0. The zero-order valence-corrected chi connectivity index (χ0v) is 26.6. The van der Waals surface area contributed by atoms with Crippen molar-refractivity contribution in [2.24, 2.45) is 29.6 Å². The standard InChI is InChI=1S/C21H44.C11H24.C2H6/c1-8-20(15-18(4)5)16-21(19(6)7)14-12-10-9-11-13-17(2)3;1-3-5-7-9-11-10-8-6-4-2;1-2/h17-21H,8-16H2,1-7H3;3-11H2,1-2H3;1-2H3. The molecule has 0 fully saturated rings. The minimum atomic E-state index is 0.860. The Morgan fingerprint density at radius 1 is 0.441 bits per heavy atom. The molecule has 0 saturated heterocycles. The summed E-state index contributed by atoms with van der Waals surface area (Å²) in [6.07, 6.45) is 25.9. The van der Waals surface area contributed by atoms with Gasteiger partial charge in [0.15, 0.2) is 0 Å². The summed E-state index contributed by atoms with van der Waals surface area (Å²) < 4.78 is 0. The molecule has 0 rings (SSSR count). The van der Waals surface area contributed by atoms with Gasteiger partial charge in [-0.1, -0.05) is 179 Å². The van der Waals surface area contributed by atoms with Crippen LogP contribution in [-0.2, 0) is 0 Å². The molecule has 0 nitrogen and oxygen atoms in total. The van der Waals surface area contributed by atoms with Crippen LogP contribution in [0.2, 0.25) is 0 Å². The molecule has 0 spiro atoms. The second-order valence-corrected chi connectivity index (χ2v) is 12.0. The molecule has 0 aliphatic carbocycles. The highest BCUT2D eigenvalue weighted by atomic mass is 14.2. The number of unbranched alkanes of at least 4 members (excludes halogenated alkanes) is 11. The van der Waals surface area contributed by atoms with Crippen molar-refractivity contribution in [3.8, 4) is 0 Å². The van der Waals surface area contributed by atoms with E-state index in [1.807, 2.05) is 13.8 Å². The largest absolute Gasteiger partial charge is 0.0683 e. The van der Waals surface area contributed by atoms with Crippen molar-refractivity contribution < 1.29 is 0 Å². The summed E-state index contributed by atoms with van der Waals surface area (Å²) in [5.41, 5.74) is 0. The Kier molecular flexibility index (Phi) is 35.2. The predicted octanol–water partition coefficient (Wildman–Crippen LogP) is 13.3. The highest BCUT2D eigenvalue weighted by molar-refractivity contribution is 4.70. The van der Waals surface area contributed by atoms with Gasteiger partial charge >= 0.3 is 0 Å². The molecule has 0 aliphatic heterocycles. The fourth-order valence-electron chi connectivity index (χ4n) is 4.94. The normalized spacial score (nSPS) is 12.9. The first-order valence-corrected chi connectivity index (χ1v) is 16.3. The first-order valence-electron chi connectivity index (χ1n) is 16.3. The van der Waals surface area contributed by atoms with Crippen LogP contribution in [0.4, 0.5) is 0 Å². The summed E-state index contributed by atoms with van der Waals surface area (Å²) in [5.74, 6) is 4.52. The summed E-state index contributed by atoms with van der Waals surface area (Å²) in [6.45, 7) is 25.2. The van der Waals surface area contributed by atoms with Crippen LogP contribution in [0.5, 0.6) is 0 Å². The lowest BCUT2D eigenvalue weighted by molar-refractivity contribution is 0.246. The van der Waals surface area contributed by atoms with Gasteiger partial charge in [0.1, 0.15) is 0 Å². The van der Waals surface area contributed by atoms with Gasteiger partial charge in [0.25, 0.3) is 0 Å². The van der Waals surface area contributed by atoms with Crippen LogP contribution < -0.4 is 0 Å². The van der Waals surface area contributed by atoms with E-state index in [2.05, 4.69) is 62.3 Å². The Morgan fingerprint density at radius 2 is 0.853 bits per heavy atom. The van der Waals surface area contributed by atoms with Gasteiger partial charge in [-0.2, -0.15) is 0 Å². The van der Waals surface area contributed by atoms with Crippen molar-refractivity contribution in [3.63, 3.8) is 0 Å². The highest BCUT2D eigenvalue weighted by Crippen LogP contribution is 2.30. The minimum Gasteiger partial charge on any atom is -0.0683 e. The van der Waals surface area contributed by atoms with Gasteiger partial charge in [0.05, 0.1) is 0 Å². The summed E-state index contributed by atoms with van der Waals surface area (Å²) in [7, 11) is 0. The van der Waals surface area contributed by atoms with E-state index < -0.39 is 0 Å². The molecule has 0 radical (unpaired) electrons. The van der Waals surface area contributed by atoms with Gasteiger partial charge in [-0.3, -0.25) is 0 Å². The average molecular weight is 483 g/mol. The van der Waals surface area contributed by atoms with Crippen LogP contribution in [0.15, 0.2) is 0 Å². The van der Waals surface area contributed by atoms with Crippen LogP contribution in [0, 0.1) is 29.6 Å². The molecule has 0 aromatic carbocycles. The van der Waals surface area contributed by atoms with Gasteiger partial charge in [-0.15, -0.1) is 0 Å². The fraction of sp³-hybridized carbons (Fsp3) is 1.00. The zero-order chi connectivity index (χ0) is 26.6. The third kappa shape index (κ3) is 32.0. The lowest BCUT2D eigenvalue weighted by Crippen LogP contribution is -2.15.